The number of nitrogens with one attached hydrogen (secondary N) is 1. The van der Waals surface area contributed by atoms with Crippen LogP contribution in [-0.4, -0.2) is 39.5 Å². The van der Waals surface area contributed by atoms with Crippen LogP contribution in [0.2, 0.25) is 0 Å². The minimum absolute atomic E-state index is 0.230. The topological polar surface area (TPSA) is 73.5 Å². The monoisotopic (exact) mass is 533 g/mol. The number of fused-ring (bicyclic) bond motifs is 3. The highest BCUT2D eigenvalue weighted by molar-refractivity contribution is 5.90. The Kier molecular flexibility index (Phi) is 6.51. The first-order valence-corrected chi connectivity index (χ1v) is 13.2. The summed E-state index contributed by atoms with van der Waals surface area (Å²) in [4.78, 5) is 16.1. The number of methoxy groups -OCH3 is 2. The number of rotatable bonds is 5. The number of amides is 2. The molecule has 0 saturated carbocycles. The number of ether oxygens (including phenoxy) is 2. The molecule has 0 spiro atoms. The van der Waals surface area contributed by atoms with Crippen molar-refractivity contribution in [1.82, 2.24) is 19.2 Å². The molecule has 8 nitrogen and oxygen atoms in total. The number of hydrogen-bond acceptors (Lipinski definition) is 4. The van der Waals surface area contributed by atoms with Gasteiger partial charge in [-0.15, -0.1) is 0 Å². The Bertz CT molecular complexity index is 1690. The minimum atomic E-state index is -0.342. The van der Waals surface area contributed by atoms with Gasteiger partial charge in [0, 0.05) is 23.5 Å². The SMILES string of the molecule is COc1ccc(NC(=O)N2Cc3c(C)nn(-c4ccccc4)c3-n3cccc3[C@H]2c2cccc(C)c2)cc1OC. The molecule has 0 unspecified atom stereocenters. The Labute approximate surface area is 233 Å². The maximum atomic E-state index is 14.2. The molecule has 2 amide bonds. The third kappa shape index (κ3) is 4.37. The molecular weight excluding hydrogens is 502 g/mol. The van der Waals surface area contributed by atoms with Gasteiger partial charge in [-0.05, 0) is 55.8 Å². The number of carbonyl (C=O) groups excluding carboxylic acids is 1. The van der Waals surface area contributed by atoms with Crippen molar-refractivity contribution in [3.05, 3.63) is 119 Å². The van der Waals surface area contributed by atoms with Crippen LogP contribution in [0, 0.1) is 13.8 Å². The number of carbonyl (C=O) groups is 1. The summed E-state index contributed by atoms with van der Waals surface area (Å²) in [6, 6.07) is 27.3. The van der Waals surface area contributed by atoms with Gasteiger partial charge < -0.3 is 24.3 Å². The van der Waals surface area contributed by atoms with Gasteiger partial charge >= 0.3 is 6.03 Å². The molecule has 2 aromatic heterocycles. The van der Waals surface area contributed by atoms with Gasteiger partial charge in [-0.25, -0.2) is 9.48 Å². The Morgan fingerprint density at radius 1 is 0.900 bits per heavy atom. The molecule has 40 heavy (non-hydrogen) atoms. The molecule has 1 atom stereocenters. The molecule has 8 heteroatoms. The van der Waals surface area contributed by atoms with Gasteiger partial charge in [-0.1, -0.05) is 48.0 Å². The van der Waals surface area contributed by atoms with Crippen molar-refractivity contribution in [3.8, 4) is 23.0 Å². The fourth-order valence-corrected chi connectivity index (χ4v) is 5.45. The van der Waals surface area contributed by atoms with Crippen molar-refractivity contribution in [2.24, 2.45) is 0 Å². The number of benzene rings is 3. The van der Waals surface area contributed by atoms with Gasteiger partial charge in [0.2, 0.25) is 0 Å². The molecule has 1 N–H and O–H groups in total. The van der Waals surface area contributed by atoms with Crippen molar-refractivity contribution in [2.75, 3.05) is 19.5 Å². The molecule has 3 heterocycles. The summed E-state index contributed by atoms with van der Waals surface area (Å²) in [5.74, 6) is 2.07. The van der Waals surface area contributed by atoms with Crippen LogP contribution in [0.4, 0.5) is 10.5 Å². The molecule has 0 bridgehead atoms. The van der Waals surface area contributed by atoms with E-state index in [0.29, 0.717) is 23.7 Å². The molecule has 1 aliphatic rings. The first-order chi connectivity index (χ1) is 19.5. The second-order valence-electron chi connectivity index (χ2n) is 9.88. The summed E-state index contributed by atoms with van der Waals surface area (Å²) >= 11 is 0. The largest absolute Gasteiger partial charge is 0.493 e. The first-order valence-electron chi connectivity index (χ1n) is 13.2. The van der Waals surface area contributed by atoms with Gasteiger partial charge in [0.05, 0.1) is 43.9 Å². The number of urea groups is 1. The number of aromatic nitrogens is 3. The fourth-order valence-electron chi connectivity index (χ4n) is 5.45. The highest BCUT2D eigenvalue weighted by Crippen LogP contribution is 2.39. The van der Waals surface area contributed by atoms with Crippen LogP contribution in [0.25, 0.3) is 11.5 Å². The number of hydrogen-bond donors (Lipinski definition) is 1. The Balaban J connectivity index is 1.50. The maximum absolute atomic E-state index is 14.2. The van der Waals surface area contributed by atoms with Crippen LogP contribution in [-0.2, 0) is 6.54 Å². The lowest BCUT2D eigenvalue weighted by Gasteiger charge is -2.31. The van der Waals surface area contributed by atoms with Gasteiger partial charge in [-0.2, -0.15) is 5.10 Å². The van der Waals surface area contributed by atoms with Gasteiger partial charge in [0.25, 0.3) is 0 Å². The normalized spacial score (nSPS) is 14.2. The lowest BCUT2D eigenvalue weighted by Crippen LogP contribution is -2.38. The van der Waals surface area contributed by atoms with Crippen molar-refractivity contribution in [2.45, 2.75) is 26.4 Å². The van der Waals surface area contributed by atoms with E-state index in [0.717, 1.165) is 39.6 Å². The van der Waals surface area contributed by atoms with Crippen molar-refractivity contribution < 1.29 is 14.3 Å². The van der Waals surface area contributed by atoms with E-state index in [1.165, 1.54) is 0 Å². The number of aryl methyl sites for hydroxylation is 2. The standard InChI is InChI=1S/C32H31N5O3/c1-21-10-8-11-23(18-21)30-27-14-9-17-35(27)31-26(22(2)34-37(31)25-12-6-5-7-13-25)20-36(30)32(38)33-24-15-16-28(39-3)29(19-24)40-4/h5-19,30H,20H2,1-4H3,(H,33,38)/t30-/m1/s1. The predicted octanol–water partition coefficient (Wildman–Crippen LogP) is 6.43. The average Bonchev–Trinajstić information content (AvgIpc) is 3.53. The Hall–Kier alpha value is -4.98. The van der Waals surface area contributed by atoms with Crippen LogP contribution < -0.4 is 14.8 Å². The molecular formula is C32H31N5O3. The van der Waals surface area contributed by atoms with E-state index < -0.39 is 0 Å². The zero-order valence-corrected chi connectivity index (χ0v) is 23.0. The zero-order valence-electron chi connectivity index (χ0n) is 23.0. The first kappa shape index (κ1) is 25.3. The van der Waals surface area contributed by atoms with Crippen molar-refractivity contribution in [1.29, 1.82) is 0 Å². The van der Waals surface area contributed by atoms with Crippen LogP contribution in [0.1, 0.15) is 34.1 Å². The Morgan fingerprint density at radius 3 is 2.45 bits per heavy atom. The van der Waals surface area contributed by atoms with Crippen LogP contribution in [0.15, 0.2) is 91.1 Å². The predicted molar refractivity (Wildman–Crippen MR) is 155 cm³/mol. The van der Waals surface area contributed by atoms with Crippen LogP contribution >= 0.6 is 0 Å². The molecule has 6 rings (SSSR count). The number of para-hydroxylation sites is 1. The molecule has 0 saturated heterocycles. The van der Waals surface area contributed by atoms with E-state index in [2.05, 4.69) is 41.1 Å². The van der Waals surface area contributed by atoms with Gasteiger partial charge in [-0.3, -0.25) is 0 Å². The molecule has 5 aromatic rings. The highest BCUT2D eigenvalue weighted by atomic mass is 16.5. The average molecular weight is 534 g/mol. The second-order valence-corrected chi connectivity index (χ2v) is 9.88. The smallest absolute Gasteiger partial charge is 0.322 e. The lowest BCUT2D eigenvalue weighted by atomic mass is 10.00. The third-order valence-corrected chi connectivity index (χ3v) is 7.34. The zero-order chi connectivity index (χ0) is 27.8. The minimum Gasteiger partial charge on any atom is -0.493 e. The molecule has 3 aromatic carbocycles. The second kappa shape index (κ2) is 10.3. The molecule has 202 valence electrons. The van der Waals surface area contributed by atoms with E-state index in [1.54, 1.807) is 26.4 Å². The summed E-state index contributed by atoms with van der Waals surface area (Å²) in [6.07, 6.45) is 2.05. The van der Waals surface area contributed by atoms with Crippen molar-refractivity contribution in [3.63, 3.8) is 0 Å². The van der Waals surface area contributed by atoms with Gasteiger partial charge in [0.1, 0.15) is 5.82 Å². The van der Waals surface area contributed by atoms with E-state index >= 15 is 0 Å². The molecule has 0 aliphatic carbocycles. The maximum Gasteiger partial charge on any atom is 0.322 e. The summed E-state index contributed by atoms with van der Waals surface area (Å²) in [5.41, 5.74) is 6.56. The summed E-state index contributed by atoms with van der Waals surface area (Å²) in [7, 11) is 3.17. The van der Waals surface area contributed by atoms with E-state index in [-0.39, 0.29) is 12.1 Å². The summed E-state index contributed by atoms with van der Waals surface area (Å²) < 4.78 is 15.0. The number of anilines is 1. The molecule has 0 fully saturated rings. The summed E-state index contributed by atoms with van der Waals surface area (Å²) in [6.45, 7) is 4.44. The lowest BCUT2D eigenvalue weighted by molar-refractivity contribution is 0.194. The van der Waals surface area contributed by atoms with Crippen LogP contribution in [0.5, 0.6) is 11.5 Å². The third-order valence-electron chi connectivity index (χ3n) is 7.34. The van der Waals surface area contributed by atoms with Gasteiger partial charge in [0.15, 0.2) is 11.5 Å². The highest BCUT2D eigenvalue weighted by Gasteiger charge is 2.36. The summed E-state index contributed by atoms with van der Waals surface area (Å²) in [5, 5.41) is 8.03. The van der Waals surface area contributed by atoms with E-state index in [4.69, 9.17) is 14.6 Å². The fraction of sp³-hybridized carbons (Fsp3) is 0.188. The number of nitrogens with zero attached hydrogens (tertiary/aromatic N) is 4. The van der Waals surface area contributed by atoms with Crippen LogP contribution in [0.3, 0.4) is 0 Å². The Morgan fingerprint density at radius 2 is 1.70 bits per heavy atom. The van der Waals surface area contributed by atoms with E-state index in [1.807, 2.05) is 71.2 Å². The molecule has 0 radical (unpaired) electrons. The molecule has 1 aliphatic heterocycles. The van der Waals surface area contributed by atoms with E-state index in [9.17, 15) is 4.79 Å². The van der Waals surface area contributed by atoms with Crippen molar-refractivity contribution >= 4 is 11.7 Å². The quantitative estimate of drug-likeness (QED) is 0.282.